The fraction of sp³-hybridized carbons (Fsp3) is 0.381. The van der Waals surface area contributed by atoms with Crippen LogP contribution in [0.3, 0.4) is 0 Å². The van der Waals surface area contributed by atoms with Crippen molar-refractivity contribution in [2.24, 2.45) is 0 Å². The van der Waals surface area contributed by atoms with Crippen molar-refractivity contribution in [1.82, 2.24) is 0 Å². The molecule has 26 heavy (non-hydrogen) atoms. The third kappa shape index (κ3) is 5.23. The predicted octanol–water partition coefficient (Wildman–Crippen LogP) is 3.88. The summed E-state index contributed by atoms with van der Waals surface area (Å²) in [6.07, 6.45) is 2.21. The highest BCUT2D eigenvalue weighted by Crippen LogP contribution is 2.25. The van der Waals surface area contributed by atoms with Crippen LogP contribution in [-0.2, 0) is 9.53 Å². The van der Waals surface area contributed by atoms with Gasteiger partial charge in [0, 0.05) is 6.61 Å². The number of amides is 1. The second-order valence-corrected chi connectivity index (χ2v) is 6.60. The summed E-state index contributed by atoms with van der Waals surface area (Å²) in [6.45, 7) is 5.24. The van der Waals surface area contributed by atoms with Crippen LogP contribution < -0.4 is 14.8 Å². The van der Waals surface area contributed by atoms with Gasteiger partial charge in [0.2, 0.25) is 0 Å². The summed E-state index contributed by atoms with van der Waals surface area (Å²) in [5, 5.41) is 2.86. The topological polar surface area (TPSA) is 56.8 Å². The zero-order chi connectivity index (χ0) is 18.4. The van der Waals surface area contributed by atoms with Crippen molar-refractivity contribution in [3.63, 3.8) is 0 Å². The molecule has 5 heteroatoms. The zero-order valence-corrected chi connectivity index (χ0v) is 15.3. The van der Waals surface area contributed by atoms with Crippen LogP contribution in [0.4, 0.5) is 5.69 Å². The molecule has 1 unspecified atom stereocenters. The minimum Gasteiger partial charge on any atom is -0.489 e. The van der Waals surface area contributed by atoms with Gasteiger partial charge in [-0.3, -0.25) is 4.79 Å². The maximum absolute atomic E-state index is 12.3. The normalized spacial score (nSPS) is 16.3. The highest BCUT2D eigenvalue weighted by molar-refractivity contribution is 5.93. The molecule has 1 aliphatic rings. The Morgan fingerprint density at radius 2 is 1.92 bits per heavy atom. The fourth-order valence-corrected chi connectivity index (χ4v) is 3.01. The number of benzene rings is 2. The van der Waals surface area contributed by atoms with Crippen molar-refractivity contribution in [3.8, 4) is 11.5 Å². The van der Waals surface area contributed by atoms with Gasteiger partial charge in [-0.15, -0.1) is 0 Å². The predicted molar refractivity (Wildman–Crippen MR) is 101 cm³/mol. The number of anilines is 1. The Hall–Kier alpha value is -2.53. The van der Waals surface area contributed by atoms with Crippen molar-refractivity contribution in [2.75, 3.05) is 25.1 Å². The molecular formula is C21H25NO4. The Bertz CT molecular complexity index is 733. The van der Waals surface area contributed by atoms with Crippen LogP contribution in [0.25, 0.3) is 0 Å². The van der Waals surface area contributed by atoms with Crippen molar-refractivity contribution in [2.45, 2.75) is 32.8 Å². The second-order valence-electron chi connectivity index (χ2n) is 6.60. The Kier molecular flexibility index (Phi) is 6.12. The molecule has 1 atom stereocenters. The first kappa shape index (κ1) is 18.3. The zero-order valence-electron chi connectivity index (χ0n) is 15.3. The molecule has 2 aromatic carbocycles. The van der Waals surface area contributed by atoms with Gasteiger partial charge < -0.3 is 19.5 Å². The Balaban J connectivity index is 1.54. The average Bonchev–Trinajstić information content (AvgIpc) is 3.12. The smallest absolute Gasteiger partial charge is 0.262 e. The Labute approximate surface area is 154 Å². The van der Waals surface area contributed by atoms with Crippen LogP contribution in [0, 0.1) is 13.8 Å². The molecule has 0 bridgehead atoms. The quantitative estimate of drug-likeness (QED) is 0.819. The molecule has 1 amide bonds. The molecule has 0 aromatic heterocycles. The largest absolute Gasteiger partial charge is 0.489 e. The number of carbonyl (C=O) groups excluding carboxylic acids is 1. The van der Waals surface area contributed by atoms with E-state index in [0.29, 0.717) is 23.8 Å². The maximum atomic E-state index is 12.3. The van der Waals surface area contributed by atoms with Gasteiger partial charge in [-0.2, -0.15) is 0 Å². The molecule has 1 saturated heterocycles. The van der Waals surface area contributed by atoms with Gasteiger partial charge in [0.05, 0.1) is 11.8 Å². The van der Waals surface area contributed by atoms with Crippen LogP contribution in [0.15, 0.2) is 42.5 Å². The summed E-state index contributed by atoms with van der Waals surface area (Å²) in [5.41, 5.74) is 2.85. The molecule has 2 aromatic rings. The Morgan fingerprint density at radius 1 is 1.15 bits per heavy atom. The molecule has 1 heterocycles. The first-order chi connectivity index (χ1) is 12.6. The van der Waals surface area contributed by atoms with Gasteiger partial charge in [0.15, 0.2) is 6.61 Å². The van der Waals surface area contributed by atoms with Crippen LogP contribution in [0.5, 0.6) is 11.5 Å². The van der Waals surface area contributed by atoms with E-state index in [1.807, 2.05) is 50.2 Å². The third-order valence-electron chi connectivity index (χ3n) is 4.17. The van der Waals surface area contributed by atoms with E-state index in [-0.39, 0.29) is 18.6 Å². The maximum Gasteiger partial charge on any atom is 0.262 e. The van der Waals surface area contributed by atoms with Crippen molar-refractivity contribution in [3.05, 3.63) is 53.6 Å². The molecule has 3 rings (SSSR count). The van der Waals surface area contributed by atoms with Gasteiger partial charge >= 0.3 is 0 Å². The number of para-hydroxylation sites is 2. The van der Waals surface area contributed by atoms with Crippen LogP contribution in [-0.4, -0.2) is 31.8 Å². The summed E-state index contributed by atoms with van der Waals surface area (Å²) in [4.78, 5) is 12.3. The second kappa shape index (κ2) is 8.72. The summed E-state index contributed by atoms with van der Waals surface area (Å²) < 4.78 is 17.0. The lowest BCUT2D eigenvalue weighted by Gasteiger charge is -2.15. The van der Waals surface area contributed by atoms with Gasteiger partial charge in [-0.25, -0.2) is 0 Å². The van der Waals surface area contributed by atoms with Gasteiger partial charge in [0.25, 0.3) is 5.91 Å². The Morgan fingerprint density at radius 3 is 2.65 bits per heavy atom. The standard InChI is InChI=1S/C21H25NO4/c1-15-10-16(2)12-18(11-15)25-14-21(23)22-19-7-3-4-8-20(19)26-13-17-6-5-9-24-17/h3-4,7-8,10-12,17H,5-6,9,13-14H2,1-2H3,(H,22,23). The molecule has 5 nitrogen and oxygen atoms in total. The van der Waals surface area contributed by atoms with Gasteiger partial charge in [-0.1, -0.05) is 18.2 Å². The number of rotatable bonds is 7. The first-order valence-corrected chi connectivity index (χ1v) is 8.94. The van der Waals surface area contributed by atoms with E-state index in [9.17, 15) is 4.79 Å². The highest BCUT2D eigenvalue weighted by atomic mass is 16.5. The summed E-state index contributed by atoms with van der Waals surface area (Å²) in [6, 6.07) is 13.3. The lowest BCUT2D eigenvalue weighted by Crippen LogP contribution is -2.21. The van der Waals surface area contributed by atoms with Crippen LogP contribution >= 0.6 is 0 Å². The molecule has 1 N–H and O–H groups in total. The molecule has 0 aliphatic carbocycles. The molecule has 0 saturated carbocycles. The third-order valence-corrected chi connectivity index (χ3v) is 4.17. The van der Waals surface area contributed by atoms with Crippen molar-refractivity contribution < 1.29 is 19.0 Å². The minimum absolute atomic E-state index is 0.0526. The van der Waals surface area contributed by atoms with E-state index in [4.69, 9.17) is 14.2 Å². The van der Waals surface area contributed by atoms with E-state index in [2.05, 4.69) is 11.4 Å². The van der Waals surface area contributed by atoms with Crippen molar-refractivity contribution in [1.29, 1.82) is 0 Å². The first-order valence-electron chi connectivity index (χ1n) is 8.94. The minimum atomic E-state index is -0.225. The molecule has 0 radical (unpaired) electrons. The molecule has 0 spiro atoms. The molecule has 1 aliphatic heterocycles. The van der Waals surface area contributed by atoms with Crippen LogP contribution in [0.1, 0.15) is 24.0 Å². The monoisotopic (exact) mass is 355 g/mol. The number of ether oxygens (including phenoxy) is 3. The molecular weight excluding hydrogens is 330 g/mol. The number of hydrogen-bond acceptors (Lipinski definition) is 4. The van der Waals surface area contributed by atoms with Gasteiger partial charge in [0.1, 0.15) is 18.1 Å². The highest BCUT2D eigenvalue weighted by Gasteiger charge is 2.17. The van der Waals surface area contributed by atoms with Crippen molar-refractivity contribution >= 4 is 11.6 Å². The lowest BCUT2D eigenvalue weighted by molar-refractivity contribution is -0.118. The van der Waals surface area contributed by atoms with E-state index in [1.165, 1.54) is 0 Å². The van der Waals surface area contributed by atoms with E-state index < -0.39 is 0 Å². The number of hydrogen-bond donors (Lipinski definition) is 1. The fourth-order valence-electron chi connectivity index (χ4n) is 3.01. The number of nitrogens with one attached hydrogen (secondary N) is 1. The number of aryl methyl sites for hydroxylation is 2. The summed E-state index contributed by atoms with van der Waals surface area (Å²) in [5.74, 6) is 1.11. The summed E-state index contributed by atoms with van der Waals surface area (Å²) in [7, 11) is 0. The van der Waals surface area contributed by atoms with Crippen LogP contribution in [0.2, 0.25) is 0 Å². The van der Waals surface area contributed by atoms with E-state index in [0.717, 1.165) is 30.6 Å². The van der Waals surface area contributed by atoms with E-state index >= 15 is 0 Å². The molecule has 138 valence electrons. The SMILES string of the molecule is Cc1cc(C)cc(OCC(=O)Nc2ccccc2OCC2CCCO2)c1. The lowest BCUT2D eigenvalue weighted by atomic mass is 10.1. The van der Waals surface area contributed by atoms with E-state index in [1.54, 1.807) is 0 Å². The molecule has 1 fully saturated rings. The summed E-state index contributed by atoms with van der Waals surface area (Å²) >= 11 is 0. The average molecular weight is 355 g/mol. The van der Waals surface area contributed by atoms with Gasteiger partial charge in [-0.05, 0) is 62.1 Å². The number of carbonyl (C=O) groups is 1.